The van der Waals surface area contributed by atoms with Crippen LogP contribution in [0.1, 0.15) is 36.1 Å². The topological polar surface area (TPSA) is 0 Å². The van der Waals surface area contributed by atoms with E-state index < -0.39 is 0 Å². The molecular formula is C23H15Br3. The van der Waals surface area contributed by atoms with E-state index >= 15 is 0 Å². The Balaban J connectivity index is 2.00. The van der Waals surface area contributed by atoms with Gasteiger partial charge in [0.05, 0.1) is 0 Å². The highest BCUT2D eigenvalue weighted by Gasteiger charge is 2.31. The molecule has 3 aromatic carbocycles. The van der Waals surface area contributed by atoms with Crippen molar-refractivity contribution < 1.29 is 0 Å². The van der Waals surface area contributed by atoms with Crippen molar-refractivity contribution in [2.45, 2.75) is 19.3 Å². The summed E-state index contributed by atoms with van der Waals surface area (Å²) in [5.41, 5.74) is 5.23. The molecule has 0 radical (unpaired) electrons. The molecule has 0 N–H and O–H groups in total. The van der Waals surface area contributed by atoms with Crippen molar-refractivity contribution in [2.24, 2.45) is 0 Å². The Bertz CT molecular complexity index is 1330. The van der Waals surface area contributed by atoms with Crippen molar-refractivity contribution in [2.75, 3.05) is 0 Å². The van der Waals surface area contributed by atoms with Crippen LogP contribution < -0.4 is 10.4 Å². The zero-order chi connectivity index (χ0) is 18.2. The molecule has 2 aliphatic rings. The Morgan fingerprint density at radius 3 is 2.46 bits per heavy atom. The van der Waals surface area contributed by atoms with E-state index in [0.717, 1.165) is 8.95 Å². The smallest absolute Gasteiger partial charge is 0.0329 e. The van der Waals surface area contributed by atoms with Crippen LogP contribution in [0, 0.1) is 10.4 Å². The van der Waals surface area contributed by atoms with E-state index in [4.69, 9.17) is 0 Å². The Kier molecular flexibility index (Phi) is 3.70. The lowest BCUT2D eigenvalue weighted by molar-refractivity contribution is 0.628. The molecule has 26 heavy (non-hydrogen) atoms. The SMILES string of the molecule is CC1(C)c2cc(Br)ccc2C=c2c1cc1c(c2Br)C=c2cccc(Br)c2=1. The van der Waals surface area contributed by atoms with Gasteiger partial charge in [0.15, 0.2) is 0 Å². The van der Waals surface area contributed by atoms with Crippen LogP contribution in [-0.4, -0.2) is 0 Å². The lowest BCUT2D eigenvalue weighted by Crippen LogP contribution is -2.32. The minimum Gasteiger partial charge on any atom is -0.0605 e. The largest absolute Gasteiger partial charge is 0.0605 e. The monoisotopic (exact) mass is 528 g/mol. The summed E-state index contributed by atoms with van der Waals surface area (Å²) in [6.45, 7) is 4.64. The van der Waals surface area contributed by atoms with E-state index in [1.165, 1.54) is 47.6 Å². The Morgan fingerprint density at radius 2 is 1.65 bits per heavy atom. The Hall–Kier alpha value is -1.16. The summed E-state index contributed by atoms with van der Waals surface area (Å²) in [4.78, 5) is 0. The summed E-state index contributed by atoms with van der Waals surface area (Å²) in [6.07, 6.45) is 4.61. The second kappa shape index (κ2) is 5.67. The zero-order valence-corrected chi connectivity index (χ0v) is 19.1. The molecular weight excluding hydrogens is 516 g/mol. The summed E-state index contributed by atoms with van der Waals surface area (Å²) in [5, 5.41) is 5.17. The third-order valence-corrected chi connectivity index (χ3v) is 7.63. The van der Waals surface area contributed by atoms with Gasteiger partial charge in [0.2, 0.25) is 0 Å². The van der Waals surface area contributed by atoms with Gasteiger partial charge in [-0.2, -0.15) is 0 Å². The number of fused-ring (bicyclic) bond motifs is 4. The summed E-state index contributed by atoms with van der Waals surface area (Å²) < 4.78 is 3.47. The number of hydrogen-bond donors (Lipinski definition) is 0. The van der Waals surface area contributed by atoms with E-state index in [-0.39, 0.29) is 5.41 Å². The third-order valence-electron chi connectivity index (χ3n) is 5.62. The van der Waals surface area contributed by atoms with Crippen molar-refractivity contribution in [3.8, 4) is 0 Å². The number of hydrogen-bond acceptors (Lipinski definition) is 0. The van der Waals surface area contributed by atoms with Gasteiger partial charge in [-0.15, -0.1) is 0 Å². The molecule has 0 aliphatic heterocycles. The molecule has 0 spiro atoms. The van der Waals surface area contributed by atoms with E-state index in [1.807, 2.05) is 0 Å². The second-order valence-electron chi connectivity index (χ2n) is 7.46. The average Bonchev–Trinajstić information content (AvgIpc) is 2.98. The predicted octanol–water partition coefficient (Wildman–Crippen LogP) is 5.87. The van der Waals surface area contributed by atoms with E-state index in [1.54, 1.807) is 0 Å². The number of benzene rings is 3. The molecule has 0 amide bonds. The maximum atomic E-state index is 3.93. The van der Waals surface area contributed by atoms with Crippen LogP contribution >= 0.6 is 47.8 Å². The van der Waals surface area contributed by atoms with Gasteiger partial charge >= 0.3 is 0 Å². The van der Waals surface area contributed by atoms with Gasteiger partial charge in [0.25, 0.3) is 0 Å². The molecule has 128 valence electrons. The third kappa shape index (κ3) is 2.23. The Morgan fingerprint density at radius 1 is 0.846 bits per heavy atom. The maximum absolute atomic E-state index is 3.93. The minimum absolute atomic E-state index is 0.0647. The average molecular weight is 531 g/mol. The summed E-state index contributed by atoms with van der Waals surface area (Å²) in [7, 11) is 0. The molecule has 0 saturated carbocycles. The van der Waals surface area contributed by atoms with Gasteiger partial charge in [-0.25, -0.2) is 0 Å². The minimum atomic E-state index is -0.0647. The number of rotatable bonds is 0. The van der Waals surface area contributed by atoms with Crippen molar-refractivity contribution >= 4 is 59.9 Å². The van der Waals surface area contributed by atoms with Crippen molar-refractivity contribution in [3.63, 3.8) is 0 Å². The second-order valence-corrected chi connectivity index (χ2v) is 10.0. The first-order chi connectivity index (χ1) is 12.4. The highest BCUT2D eigenvalue weighted by atomic mass is 79.9. The lowest BCUT2D eigenvalue weighted by Gasteiger charge is -2.32. The standard InChI is InChI=1S/C23H15Br3/c1-23(2)18-10-14(24)7-6-12(18)8-17-19(23)11-15-16(22(17)26)9-13-4-3-5-20(25)21(13)15/h3-11H,1-2H3. The molecule has 0 saturated heterocycles. The Labute approximate surface area is 177 Å². The van der Waals surface area contributed by atoms with Gasteiger partial charge in [0.1, 0.15) is 0 Å². The first-order valence-corrected chi connectivity index (χ1v) is 10.9. The predicted molar refractivity (Wildman–Crippen MR) is 119 cm³/mol. The fraction of sp³-hybridized carbons (Fsp3) is 0.130. The lowest BCUT2D eigenvalue weighted by atomic mass is 9.72. The van der Waals surface area contributed by atoms with Crippen molar-refractivity contribution in [1.29, 1.82) is 0 Å². The zero-order valence-electron chi connectivity index (χ0n) is 14.3. The molecule has 5 rings (SSSR count). The highest BCUT2D eigenvalue weighted by Crippen LogP contribution is 2.38. The number of halogens is 3. The summed E-state index contributed by atoms with van der Waals surface area (Å²) in [6, 6.07) is 15.4. The molecule has 3 heteroatoms. The molecule has 0 unspecified atom stereocenters. The molecule has 0 atom stereocenters. The maximum Gasteiger partial charge on any atom is 0.0329 e. The van der Waals surface area contributed by atoms with Crippen LogP contribution in [0.3, 0.4) is 0 Å². The molecule has 0 aromatic heterocycles. The molecule has 3 aromatic rings. The van der Waals surface area contributed by atoms with Gasteiger partial charge in [-0.05, 0) is 90.3 Å². The van der Waals surface area contributed by atoms with Gasteiger partial charge < -0.3 is 0 Å². The van der Waals surface area contributed by atoms with Gasteiger partial charge in [-0.1, -0.05) is 63.9 Å². The van der Waals surface area contributed by atoms with Crippen LogP contribution in [0.15, 0.2) is 55.9 Å². The molecule has 0 nitrogen and oxygen atoms in total. The summed E-state index contributed by atoms with van der Waals surface area (Å²) in [5.74, 6) is 0. The van der Waals surface area contributed by atoms with E-state index in [2.05, 4.69) is 116 Å². The van der Waals surface area contributed by atoms with Crippen LogP contribution in [0.2, 0.25) is 0 Å². The normalized spacial score (nSPS) is 15.3. The summed E-state index contributed by atoms with van der Waals surface area (Å²) >= 11 is 11.3. The molecule has 2 aliphatic carbocycles. The first kappa shape index (κ1) is 17.0. The van der Waals surface area contributed by atoms with Gasteiger partial charge in [0, 0.05) is 24.1 Å². The first-order valence-electron chi connectivity index (χ1n) is 8.53. The fourth-order valence-electron chi connectivity index (χ4n) is 4.28. The van der Waals surface area contributed by atoms with Crippen molar-refractivity contribution in [3.05, 3.63) is 99.0 Å². The molecule has 0 fully saturated rings. The molecule has 0 heterocycles. The van der Waals surface area contributed by atoms with Crippen LogP contribution in [0.25, 0.3) is 12.2 Å². The van der Waals surface area contributed by atoms with E-state index in [9.17, 15) is 0 Å². The van der Waals surface area contributed by atoms with Gasteiger partial charge in [-0.3, -0.25) is 0 Å². The van der Waals surface area contributed by atoms with Crippen molar-refractivity contribution in [1.82, 2.24) is 0 Å². The van der Waals surface area contributed by atoms with Crippen LogP contribution in [0.5, 0.6) is 0 Å². The highest BCUT2D eigenvalue weighted by molar-refractivity contribution is 9.11. The molecule has 0 bridgehead atoms. The van der Waals surface area contributed by atoms with Crippen LogP contribution in [0.4, 0.5) is 0 Å². The quantitative estimate of drug-likeness (QED) is 0.267. The van der Waals surface area contributed by atoms with Crippen LogP contribution in [-0.2, 0) is 5.41 Å². The van der Waals surface area contributed by atoms with E-state index in [0.29, 0.717) is 0 Å². The fourth-order valence-corrected chi connectivity index (χ4v) is 5.90.